The quantitative estimate of drug-likeness (QED) is 0.543. The molecule has 0 amide bonds. The molecule has 1 saturated heterocycles. The van der Waals surface area contributed by atoms with E-state index >= 15 is 0 Å². The molecule has 0 saturated carbocycles. The second kappa shape index (κ2) is 6.06. The predicted molar refractivity (Wildman–Crippen MR) is 75.4 cm³/mol. The van der Waals surface area contributed by atoms with E-state index in [9.17, 15) is 9.59 Å². The zero-order valence-electron chi connectivity index (χ0n) is 13.2. The van der Waals surface area contributed by atoms with Gasteiger partial charge in [-0.2, -0.15) is 0 Å². The minimum Gasteiger partial charge on any atom is -0.393 e. The summed E-state index contributed by atoms with van der Waals surface area (Å²) in [4.78, 5) is 23.0. The Bertz CT molecular complexity index is 342. The largest absolute Gasteiger partial charge is 0.393 e. The van der Waals surface area contributed by atoms with Gasteiger partial charge in [0.25, 0.3) is 0 Å². The van der Waals surface area contributed by atoms with Gasteiger partial charge < -0.3 is 4.74 Å². The van der Waals surface area contributed by atoms with Crippen LogP contribution in [0.25, 0.3) is 0 Å². The number of cyclic esters (lactones) is 2. The van der Waals surface area contributed by atoms with Gasteiger partial charge in [0.05, 0.1) is 12.3 Å². The van der Waals surface area contributed by atoms with E-state index in [1.54, 1.807) is 0 Å². The highest BCUT2D eigenvalue weighted by atomic mass is 16.6. The molecule has 0 aromatic rings. The Kier molecular flexibility index (Phi) is 5.17. The van der Waals surface area contributed by atoms with E-state index in [1.807, 2.05) is 0 Å². The minimum absolute atomic E-state index is 0.226. The third-order valence-corrected chi connectivity index (χ3v) is 4.96. The summed E-state index contributed by atoms with van der Waals surface area (Å²) < 4.78 is 4.71. The van der Waals surface area contributed by atoms with E-state index in [0.29, 0.717) is 11.8 Å². The number of hydrogen-bond acceptors (Lipinski definition) is 3. The van der Waals surface area contributed by atoms with Crippen molar-refractivity contribution in [3.8, 4) is 0 Å². The lowest BCUT2D eigenvalue weighted by Crippen LogP contribution is -2.27. The normalized spacial score (nSPS) is 22.2. The summed E-state index contributed by atoms with van der Waals surface area (Å²) in [5, 5.41) is 0. The lowest BCUT2D eigenvalue weighted by atomic mass is 9.71. The lowest BCUT2D eigenvalue weighted by Gasteiger charge is -2.33. The number of carbonyl (C=O) groups excluding carboxylic acids is 2. The second-order valence-corrected chi connectivity index (χ2v) is 7.19. The molecule has 1 heterocycles. The average molecular weight is 268 g/mol. The fourth-order valence-electron chi connectivity index (χ4n) is 2.65. The molecule has 0 bridgehead atoms. The predicted octanol–water partition coefficient (Wildman–Crippen LogP) is 3.81. The van der Waals surface area contributed by atoms with Crippen LogP contribution >= 0.6 is 0 Å². The van der Waals surface area contributed by atoms with Gasteiger partial charge in [0.15, 0.2) is 0 Å². The van der Waals surface area contributed by atoms with Crippen molar-refractivity contribution < 1.29 is 14.3 Å². The molecular weight excluding hydrogens is 240 g/mol. The minimum atomic E-state index is -0.358. The monoisotopic (exact) mass is 268 g/mol. The number of rotatable bonds is 6. The first kappa shape index (κ1) is 16.2. The molecule has 0 aromatic heterocycles. The van der Waals surface area contributed by atoms with E-state index in [-0.39, 0.29) is 35.6 Å². The summed E-state index contributed by atoms with van der Waals surface area (Å²) in [6.07, 6.45) is 2.32. The first-order valence-corrected chi connectivity index (χ1v) is 7.39. The second-order valence-electron chi connectivity index (χ2n) is 7.19. The SMILES string of the molecule is CC(C)[C@@H](CCC(C)(C)C(C)C)C1CC(=O)OC1=O. The van der Waals surface area contributed by atoms with Gasteiger partial charge in [-0.15, -0.1) is 0 Å². The van der Waals surface area contributed by atoms with Crippen molar-refractivity contribution in [2.75, 3.05) is 0 Å². The molecule has 1 fully saturated rings. The van der Waals surface area contributed by atoms with Crippen molar-refractivity contribution in [1.82, 2.24) is 0 Å². The van der Waals surface area contributed by atoms with Crippen LogP contribution in [0.3, 0.4) is 0 Å². The molecule has 0 aromatic carbocycles. The molecule has 0 N–H and O–H groups in total. The Hall–Kier alpha value is -0.860. The van der Waals surface area contributed by atoms with Gasteiger partial charge in [0.1, 0.15) is 0 Å². The maximum atomic E-state index is 11.7. The fourth-order valence-corrected chi connectivity index (χ4v) is 2.65. The van der Waals surface area contributed by atoms with E-state index in [4.69, 9.17) is 4.74 Å². The van der Waals surface area contributed by atoms with Crippen molar-refractivity contribution in [2.24, 2.45) is 29.1 Å². The van der Waals surface area contributed by atoms with E-state index < -0.39 is 0 Å². The van der Waals surface area contributed by atoms with Gasteiger partial charge in [-0.05, 0) is 36.0 Å². The Morgan fingerprint density at radius 1 is 1.21 bits per heavy atom. The van der Waals surface area contributed by atoms with Gasteiger partial charge in [0, 0.05) is 0 Å². The maximum absolute atomic E-state index is 11.7. The Morgan fingerprint density at radius 2 is 1.79 bits per heavy atom. The molecule has 1 rings (SSSR count). The summed E-state index contributed by atoms with van der Waals surface area (Å²) in [5.41, 5.74) is 0.264. The van der Waals surface area contributed by atoms with E-state index in [2.05, 4.69) is 41.5 Å². The van der Waals surface area contributed by atoms with Crippen molar-refractivity contribution in [3.63, 3.8) is 0 Å². The Morgan fingerprint density at radius 3 is 2.16 bits per heavy atom. The summed E-state index contributed by atoms with van der Waals surface area (Å²) in [6, 6.07) is 0. The summed E-state index contributed by atoms with van der Waals surface area (Å²) in [5.74, 6) is 0.353. The van der Waals surface area contributed by atoms with Crippen molar-refractivity contribution in [3.05, 3.63) is 0 Å². The number of carbonyl (C=O) groups is 2. The molecule has 2 atom stereocenters. The molecule has 0 radical (unpaired) electrons. The highest BCUT2D eigenvalue weighted by Crippen LogP contribution is 2.38. The molecule has 19 heavy (non-hydrogen) atoms. The van der Waals surface area contributed by atoms with Gasteiger partial charge in [-0.1, -0.05) is 41.5 Å². The number of ether oxygens (including phenoxy) is 1. The van der Waals surface area contributed by atoms with Crippen LogP contribution in [-0.2, 0) is 14.3 Å². The Labute approximate surface area is 117 Å². The highest BCUT2D eigenvalue weighted by molar-refractivity contribution is 5.94. The lowest BCUT2D eigenvalue weighted by molar-refractivity contribution is -0.153. The summed E-state index contributed by atoms with van der Waals surface area (Å²) in [6.45, 7) is 13.3. The summed E-state index contributed by atoms with van der Waals surface area (Å²) >= 11 is 0. The summed E-state index contributed by atoms with van der Waals surface area (Å²) in [7, 11) is 0. The van der Waals surface area contributed by atoms with Crippen LogP contribution in [0.4, 0.5) is 0 Å². The van der Waals surface area contributed by atoms with Gasteiger partial charge in [-0.25, -0.2) is 0 Å². The average Bonchev–Trinajstić information content (AvgIpc) is 2.57. The number of hydrogen-bond donors (Lipinski definition) is 0. The Balaban J connectivity index is 2.69. The van der Waals surface area contributed by atoms with Crippen molar-refractivity contribution >= 4 is 11.9 Å². The van der Waals surface area contributed by atoms with Crippen LogP contribution < -0.4 is 0 Å². The van der Waals surface area contributed by atoms with Gasteiger partial charge >= 0.3 is 11.9 Å². The molecule has 0 spiro atoms. The van der Waals surface area contributed by atoms with Crippen LogP contribution in [0.15, 0.2) is 0 Å². The first-order chi connectivity index (χ1) is 8.65. The van der Waals surface area contributed by atoms with Crippen LogP contribution in [0.5, 0.6) is 0 Å². The van der Waals surface area contributed by atoms with E-state index in [0.717, 1.165) is 12.8 Å². The molecule has 1 unspecified atom stereocenters. The standard InChI is InChI=1S/C16H28O3/c1-10(2)12(7-8-16(5,6)11(3)4)13-9-14(17)19-15(13)18/h10-13H,7-9H2,1-6H3/t12-,13?/m1/s1. The van der Waals surface area contributed by atoms with Crippen LogP contribution in [0.1, 0.15) is 60.8 Å². The topological polar surface area (TPSA) is 43.4 Å². The molecule has 1 aliphatic heterocycles. The van der Waals surface area contributed by atoms with Crippen molar-refractivity contribution in [2.45, 2.75) is 60.8 Å². The molecular formula is C16H28O3. The van der Waals surface area contributed by atoms with Crippen LogP contribution in [0.2, 0.25) is 0 Å². The number of esters is 2. The third-order valence-electron chi connectivity index (χ3n) is 4.96. The van der Waals surface area contributed by atoms with Gasteiger partial charge in [-0.3, -0.25) is 9.59 Å². The zero-order chi connectivity index (χ0) is 14.8. The highest BCUT2D eigenvalue weighted by Gasteiger charge is 2.40. The fraction of sp³-hybridized carbons (Fsp3) is 0.875. The molecule has 3 nitrogen and oxygen atoms in total. The van der Waals surface area contributed by atoms with Crippen LogP contribution in [0, 0.1) is 29.1 Å². The first-order valence-electron chi connectivity index (χ1n) is 7.39. The molecule has 3 heteroatoms. The smallest absolute Gasteiger partial charge is 0.317 e. The zero-order valence-corrected chi connectivity index (χ0v) is 13.2. The van der Waals surface area contributed by atoms with E-state index in [1.165, 1.54) is 0 Å². The van der Waals surface area contributed by atoms with Crippen molar-refractivity contribution in [1.29, 1.82) is 0 Å². The maximum Gasteiger partial charge on any atom is 0.317 e. The molecule has 110 valence electrons. The third kappa shape index (κ3) is 4.05. The van der Waals surface area contributed by atoms with Gasteiger partial charge in [0.2, 0.25) is 0 Å². The molecule has 1 aliphatic rings. The van der Waals surface area contributed by atoms with Crippen LogP contribution in [-0.4, -0.2) is 11.9 Å². The molecule has 0 aliphatic carbocycles.